The molecule has 1 fully saturated rings. The van der Waals surface area contributed by atoms with Gasteiger partial charge in [-0.3, -0.25) is 9.69 Å². The van der Waals surface area contributed by atoms with Crippen LogP contribution in [-0.4, -0.2) is 51.1 Å². The van der Waals surface area contributed by atoms with Crippen LogP contribution < -0.4 is 11.0 Å². The lowest BCUT2D eigenvalue weighted by molar-refractivity contribution is -0.121. The summed E-state index contributed by atoms with van der Waals surface area (Å²) < 4.78 is 0. The average Bonchev–Trinajstić information content (AvgIpc) is 2.86. The van der Waals surface area contributed by atoms with Gasteiger partial charge < -0.3 is 20.4 Å². The Morgan fingerprint density at radius 2 is 2.00 bits per heavy atom. The molecule has 2 heterocycles. The van der Waals surface area contributed by atoms with E-state index >= 15 is 0 Å². The van der Waals surface area contributed by atoms with Crippen LogP contribution in [-0.2, 0) is 4.79 Å². The van der Waals surface area contributed by atoms with Crippen LogP contribution in [0.3, 0.4) is 0 Å². The number of amides is 1. The number of H-pyrrole nitrogens is 2. The van der Waals surface area contributed by atoms with Crippen molar-refractivity contribution in [3.8, 4) is 0 Å². The first-order chi connectivity index (χ1) is 10.5. The first-order valence-electron chi connectivity index (χ1n) is 7.48. The summed E-state index contributed by atoms with van der Waals surface area (Å²) in [6, 6.07) is 4.99. The highest BCUT2D eigenvalue weighted by molar-refractivity contribution is 5.96. The number of aromatic nitrogens is 2. The summed E-state index contributed by atoms with van der Waals surface area (Å²) in [5.74, 6) is -0.0892. The summed E-state index contributed by atoms with van der Waals surface area (Å²) >= 11 is 0. The fourth-order valence-corrected chi connectivity index (χ4v) is 2.80. The Balaban J connectivity index is 1.68. The van der Waals surface area contributed by atoms with E-state index in [9.17, 15) is 14.7 Å². The van der Waals surface area contributed by atoms with E-state index in [-0.39, 0.29) is 23.7 Å². The number of aliphatic hydroxyl groups is 1. The molecule has 0 spiro atoms. The zero-order valence-corrected chi connectivity index (χ0v) is 12.4. The smallest absolute Gasteiger partial charge is 0.323 e. The number of fused-ring (bicyclic) bond motifs is 1. The number of anilines is 1. The molecular formula is C15H20N4O3. The van der Waals surface area contributed by atoms with Crippen molar-refractivity contribution in [2.45, 2.75) is 31.9 Å². The molecule has 0 bridgehead atoms. The molecule has 2 aromatic rings. The Bertz CT molecular complexity index is 728. The molecule has 1 amide bonds. The Hall–Kier alpha value is -2.12. The molecule has 1 aliphatic rings. The minimum absolute atomic E-state index is 0.0892. The van der Waals surface area contributed by atoms with Crippen molar-refractivity contribution in [3.05, 3.63) is 28.7 Å². The summed E-state index contributed by atoms with van der Waals surface area (Å²) in [4.78, 5) is 31.0. The second-order valence-electron chi connectivity index (χ2n) is 5.77. The number of carbonyl (C=O) groups is 1. The van der Waals surface area contributed by atoms with Crippen LogP contribution >= 0.6 is 0 Å². The van der Waals surface area contributed by atoms with Crippen molar-refractivity contribution >= 4 is 22.6 Å². The average molecular weight is 304 g/mol. The largest absolute Gasteiger partial charge is 0.393 e. The summed E-state index contributed by atoms with van der Waals surface area (Å²) in [6.45, 7) is 3.31. The Morgan fingerprint density at radius 1 is 1.32 bits per heavy atom. The second kappa shape index (κ2) is 5.94. The monoisotopic (exact) mass is 304 g/mol. The lowest BCUT2D eigenvalue weighted by atomic mass is 10.1. The molecule has 1 aliphatic heterocycles. The number of aliphatic hydroxyl groups excluding tert-OH is 1. The molecule has 7 nitrogen and oxygen atoms in total. The summed E-state index contributed by atoms with van der Waals surface area (Å²) in [5, 5.41) is 12.4. The van der Waals surface area contributed by atoms with Gasteiger partial charge >= 0.3 is 5.69 Å². The minimum Gasteiger partial charge on any atom is -0.393 e. The van der Waals surface area contributed by atoms with Crippen LogP contribution in [0.15, 0.2) is 23.0 Å². The van der Waals surface area contributed by atoms with Gasteiger partial charge in [0, 0.05) is 18.8 Å². The summed E-state index contributed by atoms with van der Waals surface area (Å²) in [5.41, 5.74) is 1.76. The van der Waals surface area contributed by atoms with Crippen molar-refractivity contribution in [1.82, 2.24) is 14.9 Å². The summed E-state index contributed by atoms with van der Waals surface area (Å²) in [6.07, 6.45) is 1.15. The van der Waals surface area contributed by atoms with E-state index in [1.54, 1.807) is 18.2 Å². The van der Waals surface area contributed by atoms with Gasteiger partial charge in [0.25, 0.3) is 0 Å². The lowest BCUT2D eigenvalue weighted by Crippen LogP contribution is -2.47. The Kier molecular flexibility index (Phi) is 4.00. The van der Waals surface area contributed by atoms with Gasteiger partial charge in [0.2, 0.25) is 5.91 Å². The Morgan fingerprint density at radius 3 is 2.73 bits per heavy atom. The molecule has 22 heavy (non-hydrogen) atoms. The second-order valence-corrected chi connectivity index (χ2v) is 5.77. The standard InChI is InChI=1S/C15H20N4O3/c1-9(19-6-4-11(20)5-7-19)14(21)16-10-2-3-12-13(8-10)18-15(22)17-12/h2-3,8-9,11,20H,4-7H2,1H3,(H,16,21)(H2,17,18,22). The highest BCUT2D eigenvalue weighted by Crippen LogP contribution is 2.17. The van der Waals surface area contributed by atoms with Gasteiger partial charge in [0.1, 0.15) is 0 Å². The first kappa shape index (κ1) is 14.8. The maximum Gasteiger partial charge on any atom is 0.323 e. The fourth-order valence-electron chi connectivity index (χ4n) is 2.80. The number of likely N-dealkylation sites (tertiary alicyclic amines) is 1. The highest BCUT2D eigenvalue weighted by Gasteiger charge is 2.25. The maximum absolute atomic E-state index is 12.3. The van der Waals surface area contributed by atoms with E-state index in [2.05, 4.69) is 20.2 Å². The predicted molar refractivity (Wildman–Crippen MR) is 83.8 cm³/mol. The van der Waals surface area contributed by atoms with Gasteiger partial charge in [0.15, 0.2) is 0 Å². The van der Waals surface area contributed by atoms with Crippen molar-refractivity contribution in [2.24, 2.45) is 0 Å². The van der Waals surface area contributed by atoms with E-state index < -0.39 is 0 Å². The topological polar surface area (TPSA) is 101 Å². The molecule has 4 N–H and O–H groups in total. The number of nitrogens with one attached hydrogen (secondary N) is 3. The Labute approximate surface area is 127 Å². The third-order valence-corrected chi connectivity index (χ3v) is 4.21. The van der Waals surface area contributed by atoms with Gasteiger partial charge in [-0.05, 0) is 38.0 Å². The molecule has 1 aromatic carbocycles. The van der Waals surface area contributed by atoms with Gasteiger partial charge in [0.05, 0.1) is 23.2 Å². The number of nitrogens with zero attached hydrogens (tertiary/aromatic N) is 1. The van der Waals surface area contributed by atoms with E-state index in [1.165, 1.54) is 0 Å². The number of rotatable bonds is 3. The van der Waals surface area contributed by atoms with Crippen LogP contribution in [0.25, 0.3) is 11.0 Å². The minimum atomic E-state index is -0.265. The van der Waals surface area contributed by atoms with Crippen molar-refractivity contribution in [1.29, 1.82) is 0 Å². The highest BCUT2D eigenvalue weighted by atomic mass is 16.3. The molecule has 0 aliphatic carbocycles. The molecule has 118 valence electrons. The number of carbonyl (C=O) groups excluding carboxylic acids is 1. The van der Waals surface area contributed by atoms with E-state index in [0.717, 1.165) is 13.1 Å². The molecule has 1 aromatic heterocycles. The van der Waals surface area contributed by atoms with Crippen LogP contribution in [0.2, 0.25) is 0 Å². The summed E-state index contributed by atoms with van der Waals surface area (Å²) in [7, 11) is 0. The molecule has 1 unspecified atom stereocenters. The van der Waals surface area contributed by atoms with E-state index in [4.69, 9.17) is 0 Å². The quantitative estimate of drug-likeness (QED) is 0.668. The van der Waals surface area contributed by atoms with Crippen molar-refractivity contribution < 1.29 is 9.90 Å². The molecule has 3 rings (SSSR count). The zero-order chi connectivity index (χ0) is 15.7. The first-order valence-corrected chi connectivity index (χ1v) is 7.48. The van der Waals surface area contributed by atoms with Gasteiger partial charge in [-0.1, -0.05) is 0 Å². The van der Waals surface area contributed by atoms with Crippen LogP contribution in [0.4, 0.5) is 5.69 Å². The number of aromatic amines is 2. The van der Waals surface area contributed by atoms with Gasteiger partial charge in [-0.2, -0.15) is 0 Å². The van der Waals surface area contributed by atoms with E-state index in [0.29, 0.717) is 29.6 Å². The normalized spacial score (nSPS) is 18.5. The fraction of sp³-hybridized carbons (Fsp3) is 0.467. The van der Waals surface area contributed by atoms with Gasteiger partial charge in [-0.15, -0.1) is 0 Å². The third-order valence-electron chi connectivity index (χ3n) is 4.21. The molecule has 0 saturated carbocycles. The molecular weight excluding hydrogens is 284 g/mol. The van der Waals surface area contributed by atoms with Crippen molar-refractivity contribution in [2.75, 3.05) is 18.4 Å². The lowest BCUT2D eigenvalue weighted by Gasteiger charge is -2.33. The van der Waals surface area contributed by atoms with Gasteiger partial charge in [-0.25, -0.2) is 4.79 Å². The maximum atomic E-state index is 12.3. The molecule has 7 heteroatoms. The number of benzene rings is 1. The number of hydrogen-bond acceptors (Lipinski definition) is 4. The molecule has 1 atom stereocenters. The van der Waals surface area contributed by atoms with E-state index in [1.807, 2.05) is 6.92 Å². The zero-order valence-electron chi connectivity index (χ0n) is 12.4. The molecule has 1 saturated heterocycles. The number of piperidine rings is 1. The third kappa shape index (κ3) is 3.05. The SMILES string of the molecule is CC(C(=O)Nc1ccc2[nH]c(=O)[nH]c2c1)N1CCC(O)CC1. The predicted octanol–water partition coefficient (Wildman–Crippen LogP) is 0.640. The van der Waals surface area contributed by atoms with Crippen molar-refractivity contribution in [3.63, 3.8) is 0 Å². The number of imidazole rings is 1. The molecule has 0 radical (unpaired) electrons. The van der Waals surface area contributed by atoms with Crippen LogP contribution in [0.1, 0.15) is 19.8 Å². The number of hydrogen-bond donors (Lipinski definition) is 4. The van der Waals surface area contributed by atoms with Crippen LogP contribution in [0, 0.1) is 0 Å². The van der Waals surface area contributed by atoms with Crippen LogP contribution in [0.5, 0.6) is 0 Å².